The van der Waals surface area contributed by atoms with Crippen LogP contribution in [0.2, 0.25) is 0 Å². The first-order valence-corrected chi connectivity index (χ1v) is 9.95. The van der Waals surface area contributed by atoms with E-state index < -0.39 is 0 Å². The summed E-state index contributed by atoms with van der Waals surface area (Å²) >= 11 is 0. The van der Waals surface area contributed by atoms with Gasteiger partial charge in [0, 0.05) is 23.6 Å². The molecule has 0 atom stereocenters. The van der Waals surface area contributed by atoms with Crippen molar-refractivity contribution in [2.75, 3.05) is 11.1 Å². The molecule has 5 heteroatoms. The van der Waals surface area contributed by atoms with Gasteiger partial charge in [0.2, 0.25) is 5.95 Å². The van der Waals surface area contributed by atoms with E-state index in [4.69, 9.17) is 10.7 Å². The molecule has 0 radical (unpaired) electrons. The van der Waals surface area contributed by atoms with Crippen molar-refractivity contribution in [3.8, 4) is 11.1 Å². The fourth-order valence-corrected chi connectivity index (χ4v) is 3.78. The molecule has 0 fully saturated rings. The van der Waals surface area contributed by atoms with Gasteiger partial charge in [0.1, 0.15) is 5.82 Å². The Labute approximate surface area is 176 Å². The summed E-state index contributed by atoms with van der Waals surface area (Å²) in [5.41, 5.74) is 14.8. The van der Waals surface area contributed by atoms with Crippen molar-refractivity contribution >= 4 is 34.4 Å². The number of rotatable bonds is 4. The summed E-state index contributed by atoms with van der Waals surface area (Å²) in [4.78, 5) is 13.7. The zero-order valence-corrected chi connectivity index (χ0v) is 17.7. The molecule has 150 valence electrons. The summed E-state index contributed by atoms with van der Waals surface area (Å²) in [5, 5.41) is 4.01. The number of nitrogen functional groups attached to an aromatic ring is 1. The Balaban J connectivity index is 1.87. The zero-order chi connectivity index (χ0) is 21.3. The van der Waals surface area contributed by atoms with Crippen LogP contribution in [0.3, 0.4) is 0 Å². The first-order chi connectivity index (χ1) is 14.5. The Morgan fingerprint density at radius 3 is 2.30 bits per heavy atom. The summed E-state index contributed by atoms with van der Waals surface area (Å²) in [7, 11) is 0. The lowest BCUT2D eigenvalue weighted by Gasteiger charge is -2.15. The fraction of sp³-hybridized carbons (Fsp3) is 0.160. The van der Waals surface area contributed by atoms with Crippen LogP contribution in [-0.2, 0) is 0 Å². The third-order valence-electron chi connectivity index (χ3n) is 5.13. The molecule has 4 aromatic rings. The molecule has 5 nitrogen and oxygen atoms in total. The van der Waals surface area contributed by atoms with Gasteiger partial charge in [0.25, 0.3) is 0 Å². The maximum Gasteiger partial charge on any atom is 0.229 e. The molecule has 0 bridgehead atoms. The highest BCUT2D eigenvalue weighted by atomic mass is 15.1. The van der Waals surface area contributed by atoms with Crippen molar-refractivity contribution in [1.29, 1.82) is 0 Å². The number of benzene rings is 2. The van der Waals surface area contributed by atoms with E-state index in [1.807, 2.05) is 43.5 Å². The topological polar surface area (TPSA) is 76.7 Å². The minimum atomic E-state index is 0.407. The number of aromatic nitrogens is 3. The van der Waals surface area contributed by atoms with Gasteiger partial charge in [0.05, 0.1) is 10.9 Å². The number of aryl methyl sites for hydroxylation is 3. The first-order valence-electron chi connectivity index (χ1n) is 9.95. The molecule has 0 aliphatic carbocycles. The lowest BCUT2D eigenvalue weighted by atomic mass is 9.93. The van der Waals surface area contributed by atoms with Crippen LogP contribution in [0.4, 0.5) is 17.5 Å². The van der Waals surface area contributed by atoms with Crippen LogP contribution >= 0.6 is 0 Å². The molecule has 0 aliphatic heterocycles. The van der Waals surface area contributed by atoms with Gasteiger partial charge in [-0.3, -0.25) is 4.98 Å². The second-order valence-electron chi connectivity index (χ2n) is 7.54. The van der Waals surface area contributed by atoms with Gasteiger partial charge in [-0.05, 0) is 62.1 Å². The van der Waals surface area contributed by atoms with Crippen LogP contribution < -0.4 is 11.1 Å². The molecule has 3 N–H and O–H groups in total. The van der Waals surface area contributed by atoms with E-state index in [0.29, 0.717) is 11.8 Å². The largest absolute Gasteiger partial charge is 0.383 e. The fourth-order valence-electron chi connectivity index (χ4n) is 3.78. The molecule has 0 aliphatic rings. The Hall–Kier alpha value is -3.73. The van der Waals surface area contributed by atoms with Crippen LogP contribution in [0.25, 0.3) is 28.1 Å². The molecule has 0 unspecified atom stereocenters. The lowest BCUT2D eigenvalue weighted by Crippen LogP contribution is -2.03. The first kappa shape index (κ1) is 19.6. The highest BCUT2D eigenvalue weighted by molar-refractivity contribution is 5.99. The van der Waals surface area contributed by atoms with Crippen molar-refractivity contribution in [3.05, 3.63) is 77.1 Å². The van der Waals surface area contributed by atoms with E-state index in [9.17, 15) is 0 Å². The van der Waals surface area contributed by atoms with Gasteiger partial charge < -0.3 is 11.1 Å². The molecule has 2 aromatic heterocycles. The van der Waals surface area contributed by atoms with E-state index in [1.165, 1.54) is 22.3 Å². The van der Waals surface area contributed by atoms with Gasteiger partial charge >= 0.3 is 0 Å². The molecule has 0 saturated carbocycles. The van der Waals surface area contributed by atoms with Gasteiger partial charge in [-0.25, -0.2) is 4.98 Å². The number of allylic oxidation sites excluding steroid dienone is 1. The zero-order valence-electron chi connectivity index (χ0n) is 17.7. The minimum Gasteiger partial charge on any atom is -0.383 e. The van der Waals surface area contributed by atoms with E-state index >= 15 is 0 Å². The number of nitrogens with zero attached hydrogens (tertiary/aromatic N) is 3. The monoisotopic (exact) mass is 395 g/mol. The van der Waals surface area contributed by atoms with E-state index in [1.54, 1.807) is 6.20 Å². The number of fused-ring (bicyclic) bond motifs is 1. The maximum atomic E-state index is 6.28. The van der Waals surface area contributed by atoms with Gasteiger partial charge in [-0.1, -0.05) is 42.0 Å². The van der Waals surface area contributed by atoms with Gasteiger partial charge in [-0.15, -0.1) is 0 Å². The highest BCUT2D eigenvalue weighted by Gasteiger charge is 2.15. The lowest BCUT2D eigenvalue weighted by molar-refractivity contribution is 1.20. The average Bonchev–Trinajstić information content (AvgIpc) is 2.70. The Morgan fingerprint density at radius 2 is 1.63 bits per heavy atom. The number of hydrogen-bond donors (Lipinski definition) is 2. The van der Waals surface area contributed by atoms with Crippen LogP contribution in [0.15, 0.2) is 54.9 Å². The third kappa shape index (κ3) is 3.74. The smallest absolute Gasteiger partial charge is 0.229 e. The van der Waals surface area contributed by atoms with Crippen molar-refractivity contribution in [1.82, 2.24) is 15.0 Å². The average molecular weight is 396 g/mol. The number of anilines is 3. The summed E-state index contributed by atoms with van der Waals surface area (Å²) in [6, 6.07) is 12.4. The van der Waals surface area contributed by atoms with E-state index in [0.717, 1.165) is 27.7 Å². The summed E-state index contributed by atoms with van der Waals surface area (Å²) < 4.78 is 0. The third-order valence-corrected chi connectivity index (χ3v) is 5.13. The molecular weight excluding hydrogens is 370 g/mol. The second kappa shape index (κ2) is 7.95. The second-order valence-corrected chi connectivity index (χ2v) is 7.54. The number of pyridine rings is 1. The van der Waals surface area contributed by atoms with E-state index in [2.05, 4.69) is 54.3 Å². The van der Waals surface area contributed by atoms with Crippen molar-refractivity contribution < 1.29 is 0 Å². The van der Waals surface area contributed by atoms with Crippen molar-refractivity contribution in [2.45, 2.75) is 27.7 Å². The SMILES string of the molecule is C/C=C/c1cc(C)c(-c2cncc3c(N)nc(Nc4ccc(C)cc4)nc23)c(C)c1. The molecule has 30 heavy (non-hydrogen) atoms. The predicted molar refractivity (Wildman–Crippen MR) is 126 cm³/mol. The maximum absolute atomic E-state index is 6.28. The number of nitrogens with one attached hydrogen (secondary N) is 1. The van der Waals surface area contributed by atoms with E-state index in [-0.39, 0.29) is 0 Å². The normalized spacial score (nSPS) is 11.3. The molecule has 0 saturated heterocycles. The summed E-state index contributed by atoms with van der Waals surface area (Å²) in [6.45, 7) is 8.31. The minimum absolute atomic E-state index is 0.407. The van der Waals surface area contributed by atoms with Crippen LogP contribution in [0.1, 0.15) is 29.2 Å². The summed E-state index contributed by atoms with van der Waals surface area (Å²) in [6.07, 6.45) is 7.73. The van der Waals surface area contributed by atoms with Crippen molar-refractivity contribution in [2.24, 2.45) is 0 Å². The molecule has 2 heterocycles. The number of hydrogen-bond acceptors (Lipinski definition) is 5. The Kier molecular flexibility index (Phi) is 5.19. The van der Waals surface area contributed by atoms with Crippen LogP contribution in [0, 0.1) is 20.8 Å². The van der Waals surface area contributed by atoms with Gasteiger partial charge in [-0.2, -0.15) is 4.98 Å². The predicted octanol–water partition coefficient (Wildman–Crippen LogP) is 5.98. The molecule has 2 aromatic carbocycles. The van der Waals surface area contributed by atoms with Crippen LogP contribution in [-0.4, -0.2) is 15.0 Å². The highest BCUT2D eigenvalue weighted by Crippen LogP contribution is 2.34. The summed E-state index contributed by atoms with van der Waals surface area (Å²) in [5.74, 6) is 0.877. The molecular formula is C25H25N5. The quantitative estimate of drug-likeness (QED) is 0.445. The van der Waals surface area contributed by atoms with Gasteiger partial charge in [0.15, 0.2) is 0 Å². The van der Waals surface area contributed by atoms with Crippen LogP contribution in [0.5, 0.6) is 0 Å². The molecule has 4 rings (SSSR count). The van der Waals surface area contributed by atoms with Crippen molar-refractivity contribution in [3.63, 3.8) is 0 Å². The molecule has 0 spiro atoms. The Morgan fingerprint density at radius 1 is 0.933 bits per heavy atom. The number of nitrogens with two attached hydrogens (primary N) is 1. The standard InChI is InChI=1S/C25H25N5/c1-5-6-18-11-16(3)22(17(4)12-18)20-13-27-14-21-23(20)29-25(30-24(21)26)28-19-9-7-15(2)8-10-19/h5-14H,1-4H3,(H3,26,28,29,30)/b6-5+. The molecule has 0 amide bonds. The Bertz CT molecular complexity index is 1230.